The van der Waals surface area contributed by atoms with Gasteiger partial charge >= 0.3 is 6.09 Å². The van der Waals surface area contributed by atoms with E-state index in [2.05, 4.69) is 50.2 Å². The van der Waals surface area contributed by atoms with E-state index in [0.717, 1.165) is 15.1 Å². The van der Waals surface area contributed by atoms with Crippen molar-refractivity contribution in [1.82, 2.24) is 24.9 Å². The first-order valence-electron chi connectivity index (χ1n) is 16.4. The second kappa shape index (κ2) is 13.1. The molecule has 3 aromatic carbocycles. The van der Waals surface area contributed by atoms with Crippen LogP contribution in [0.2, 0.25) is 0 Å². The number of rotatable bonds is 7. The summed E-state index contributed by atoms with van der Waals surface area (Å²) in [5.41, 5.74) is 6.98. The van der Waals surface area contributed by atoms with Gasteiger partial charge in [-0.2, -0.15) is 0 Å². The number of aryl methyl sites for hydroxylation is 1. The van der Waals surface area contributed by atoms with Crippen LogP contribution in [0.5, 0.6) is 0 Å². The number of ether oxygens (including phenoxy) is 1. The molecule has 6 aromatic rings. The fraction of sp³-hybridized carbons (Fsp3) is 0.243. The van der Waals surface area contributed by atoms with Crippen molar-refractivity contribution in [3.63, 3.8) is 0 Å². The fourth-order valence-electron chi connectivity index (χ4n) is 6.84. The topological polar surface area (TPSA) is 131 Å². The quantitative estimate of drug-likeness (QED) is 0.175. The summed E-state index contributed by atoms with van der Waals surface area (Å²) in [7, 11) is 0. The van der Waals surface area contributed by atoms with Crippen LogP contribution < -0.4 is 10.6 Å². The minimum atomic E-state index is -0.365. The Morgan fingerprint density at radius 3 is 2.28 bits per heavy atom. The molecule has 1 fully saturated rings. The highest BCUT2D eigenvalue weighted by Crippen LogP contribution is 2.44. The number of nitrogens with zero attached hydrogens (tertiary/aromatic N) is 5. The molecule has 0 radical (unpaired) electrons. The molecule has 11 nitrogen and oxygen atoms in total. The average molecular weight is 704 g/mol. The van der Waals surface area contributed by atoms with Crippen LogP contribution in [0.15, 0.2) is 78.9 Å². The van der Waals surface area contributed by atoms with Crippen LogP contribution in [0, 0.1) is 13.8 Å². The number of carbonyl (C=O) groups is 3. The number of amides is 3. The second-order valence-electron chi connectivity index (χ2n) is 12.5. The molecule has 1 saturated heterocycles. The smallest absolute Gasteiger partial charge is 0.409 e. The van der Waals surface area contributed by atoms with E-state index in [1.807, 2.05) is 50.2 Å². The van der Waals surface area contributed by atoms with Gasteiger partial charge in [0.1, 0.15) is 6.61 Å². The van der Waals surface area contributed by atoms with Crippen molar-refractivity contribution in [1.29, 1.82) is 0 Å². The molecule has 0 spiro atoms. The largest absolute Gasteiger partial charge is 0.448 e. The normalized spacial score (nSPS) is 14.4. The van der Waals surface area contributed by atoms with Gasteiger partial charge in [0.15, 0.2) is 10.8 Å². The van der Waals surface area contributed by atoms with Crippen LogP contribution in [0.25, 0.3) is 21.3 Å². The molecule has 1 aliphatic heterocycles. The summed E-state index contributed by atoms with van der Waals surface area (Å²) in [6, 6.07) is 25.7. The van der Waals surface area contributed by atoms with E-state index in [0.29, 0.717) is 47.3 Å². The molecule has 3 amide bonds. The standard InChI is InChI=1S/C37H33N7O4S2/c1-21-11-14-31(49-21)34(45)40-36-39-30-13-12-23(19-32(30)50-36)38-35(46)33-22(2)44(42-41-33)24-15-17-43(18-16-24)37(47)48-20-29-27-9-5-3-7-25(27)26-8-4-6-10-28(26)29/h3-14,19,24,29H,15-18,20H2,1-2H3,(H,38,46)(H,39,40,45). The average Bonchev–Trinajstić information content (AvgIpc) is 3.91. The summed E-state index contributed by atoms with van der Waals surface area (Å²) in [6.07, 6.45) is 1.02. The number of thiophene rings is 1. The number of anilines is 2. The van der Waals surface area contributed by atoms with Gasteiger partial charge in [-0.15, -0.1) is 16.4 Å². The number of likely N-dealkylation sites (tertiary alicyclic amines) is 1. The number of piperidine rings is 1. The number of benzene rings is 3. The van der Waals surface area contributed by atoms with Crippen molar-refractivity contribution in [3.8, 4) is 11.1 Å². The summed E-state index contributed by atoms with van der Waals surface area (Å²) >= 11 is 2.77. The van der Waals surface area contributed by atoms with Crippen molar-refractivity contribution in [2.45, 2.75) is 38.6 Å². The lowest BCUT2D eigenvalue weighted by atomic mass is 9.98. The molecular formula is C37H33N7O4S2. The number of hydrogen-bond acceptors (Lipinski definition) is 9. The summed E-state index contributed by atoms with van der Waals surface area (Å²) in [6.45, 7) is 5.12. The van der Waals surface area contributed by atoms with E-state index < -0.39 is 0 Å². The number of hydrogen-bond donors (Lipinski definition) is 2. The van der Waals surface area contributed by atoms with Crippen molar-refractivity contribution < 1.29 is 19.1 Å². The Kier molecular flexibility index (Phi) is 8.37. The third-order valence-electron chi connectivity index (χ3n) is 9.38. The Labute approximate surface area is 295 Å². The Balaban J connectivity index is 0.863. The maximum Gasteiger partial charge on any atom is 0.409 e. The van der Waals surface area contributed by atoms with Gasteiger partial charge in [0, 0.05) is 29.6 Å². The van der Waals surface area contributed by atoms with Gasteiger partial charge in [-0.25, -0.2) is 14.5 Å². The van der Waals surface area contributed by atoms with E-state index >= 15 is 0 Å². The number of nitrogens with one attached hydrogen (secondary N) is 2. The maximum atomic E-state index is 13.3. The van der Waals surface area contributed by atoms with Crippen molar-refractivity contribution >= 4 is 61.6 Å². The van der Waals surface area contributed by atoms with Crippen LogP contribution in [0.1, 0.15) is 66.7 Å². The zero-order chi connectivity index (χ0) is 34.4. The third-order valence-corrected chi connectivity index (χ3v) is 11.3. The zero-order valence-corrected chi connectivity index (χ0v) is 29.0. The highest BCUT2D eigenvalue weighted by Gasteiger charge is 2.32. The monoisotopic (exact) mass is 703 g/mol. The van der Waals surface area contributed by atoms with E-state index in [1.165, 1.54) is 44.9 Å². The van der Waals surface area contributed by atoms with Gasteiger partial charge in [0.25, 0.3) is 11.8 Å². The Bertz CT molecular complexity index is 2220. The summed E-state index contributed by atoms with van der Waals surface area (Å²) in [5.74, 6) is -0.547. The van der Waals surface area contributed by atoms with Crippen LogP contribution in [0.3, 0.4) is 0 Å². The molecule has 252 valence electrons. The van der Waals surface area contributed by atoms with Crippen LogP contribution in [-0.4, -0.2) is 62.5 Å². The molecule has 0 unspecified atom stereocenters. The molecule has 0 atom stereocenters. The van der Waals surface area contributed by atoms with E-state index in [1.54, 1.807) is 27.8 Å². The number of aromatic nitrogens is 4. The number of thiazole rings is 1. The summed E-state index contributed by atoms with van der Waals surface area (Å²) in [4.78, 5) is 47.0. The minimum Gasteiger partial charge on any atom is -0.448 e. The Hall–Kier alpha value is -5.40. The lowest BCUT2D eigenvalue weighted by molar-refractivity contribution is 0.0850. The first-order valence-corrected chi connectivity index (χ1v) is 18.1. The fourth-order valence-corrected chi connectivity index (χ4v) is 8.50. The van der Waals surface area contributed by atoms with Gasteiger partial charge in [0.2, 0.25) is 0 Å². The molecule has 50 heavy (non-hydrogen) atoms. The minimum absolute atomic E-state index is 0.00181. The van der Waals surface area contributed by atoms with E-state index in [9.17, 15) is 14.4 Å². The maximum absolute atomic E-state index is 13.3. The summed E-state index contributed by atoms with van der Waals surface area (Å²) in [5, 5.41) is 14.8. The Morgan fingerprint density at radius 2 is 1.58 bits per heavy atom. The summed E-state index contributed by atoms with van der Waals surface area (Å²) < 4.78 is 8.49. The number of carbonyl (C=O) groups excluding carboxylic acids is 3. The molecule has 3 aromatic heterocycles. The SMILES string of the molecule is Cc1ccc(C(=O)Nc2nc3ccc(NC(=O)c4nnn(C5CCN(C(=O)OCC6c7ccccc7-c7ccccc76)CC5)c4C)cc3s2)s1. The van der Waals surface area contributed by atoms with Gasteiger partial charge < -0.3 is 15.0 Å². The third kappa shape index (κ3) is 6.03. The first kappa shape index (κ1) is 31.8. The molecule has 0 saturated carbocycles. The van der Waals surface area contributed by atoms with E-state index in [4.69, 9.17) is 4.74 Å². The molecule has 0 bridgehead atoms. The van der Waals surface area contributed by atoms with Crippen LogP contribution in [-0.2, 0) is 4.74 Å². The van der Waals surface area contributed by atoms with Crippen LogP contribution >= 0.6 is 22.7 Å². The van der Waals surface area contributed by atoms with E-state index in [-0.39, 0.29) is 42.2 Å². The lowest BCUT2D eigenvalue weighted by Gasteiger charge is -2.32. The number of fused-ring (bicyclic) bond motifs is 4. The molecule has 4 heterocycles. The van der Waals surface area contributed by atoms with Crippen molar-refractivity contribution in [3.05, 3.63) is 111 Å². The van der Waals surface area contributed by atoms with Gasteiger partial charge in [0.05, 0.1) is 26.8 Å². The molecule has 2 aliphatic rings. The van der Waals surface area contributed by atoms with Crippen LogP contribution in [0.4, 0.5) is 15.6 Å². The highest BCUT2D eigenvalue weighted by atomic mass is 32.1. The van der Waals surface area contributed by atoms with Gasteiger partial charge in [-0.05, 0) is 79.3 Å². The lowest BCUT2D eigenvalue weighted by Crippen LogP contribution is -2.40. The van der Waals surface area contributed by atoms with Crippen molar-refractivity contribution in [2.75, 3.05) is 30.3 Å². The Morgan fingerprint density at radius 1 is 0.860 bits per heavy atom. The molecule has 13 heteroatoms. The molecule has 8 rings (SSSR count). The first-order chi connectivity index (χ1) is 24.3. The predicted octanol–water partition coefficient (Wildman–Crippen LogP) is 7.66. The van der Waals surface area contributed by atoms with Gasteiger partial charge in [-0.3, -0.25) is 14.9 Å². The van der Waals surface area contributed by atoms with Crippen molar-refractivity contribution in [2.24, 2.45) is 0 Å². The second-order valence-corrected chi connectivity index (χ2v) is 14.8. The highest BCUT2D eigenvalue weighted by molar-refractivity contribution is 7.22. The zero-order valence-electron chi connectivity index (χ0n) is 27.4. The molecule has 1 aliphatic carbocycles. The van der Waals surface area contributed by atoms with Gasteiger partial charge in [-0.1, -0.05) is 65.1 Å². The predicted molar refractivity (Wildman–Crippen MR) is 194 cm³/mol. The molecular weight excluding hydrogens is 671 g/mol. The molecule has 2 N–H and O–H groups in total.